The van der Waals surface area contributed by atoms with Crippen molar-refractivity contribution < 1.29 is 4.79 Å². The predicted molar refractivity (Wildman–Crippen MR) is 101 cm³/mol. The maximum atomic E-state index is 12.2. The monoisotopic (exact) mass is 360 g/mol. The molecule has 1 amide bonds. The Morgan fingerprint density at radius 2 is 2.32 bits per heavy atom. The molecule has 1 aromatic heterocycles. The Hall–Kier alpha value is -1.85. The summed E-state index contributed by atoms with van der Waals surface area (Å²) in [6.45, 7) is 4.94. The highest BCUT2D eigenvalue weighted by molar-refractivity contribution is 6.31. The second-order valence-electron chi connectivity index (χ2n) is 6.89. The number of carbonyl (C=O) groups excluding carboxylic acids is 1. The number of amides is 1. The lowest BCUT2D eigenvalue weighted by molar-refractivity contribution is -0.116. The minimum atomic E-state index is 0.0441. The number of hydrogen-bond acceptors (Lipinski definition) is 3. The van der Waals surface area contributed by atoms with Crippen LogP contribution in [0.15, 0.2) is 30.7 Å². The van der Waals surface area contributed by atoms with Gasteiger partial charge in [0.05, 0.1) is 6.33 Å². The predicted octanol–water partition coefficient (Wildman–Crippen LogP) is 3.65. The van der Waals surface area contributed by atoms with Crippen molar-refractivity contribution in [2.75, 3.05) is 25.0 Å². The molecule has 2 heterocycles. The maximum absolute atomic E-state index is 12.2. The quantitative estimate of drug-likeness (QED) is 0.792. The fourth-order valence-corrected chi connectivity index (χ4v) is 3.71. The van der Waals surface area contributed by atoms with E-state index in [4.69, 9.17) is 11.6 Å². The van der Waals surface area contributed by atoms with Crippen LogP contribution in [0.4, 0.5) is 5.69 Å². The fraction of sp³-hybridized carbons (Fsp3) is 0.474. The Bertz CT molecular complexity index is 681. The first-order valence-electron chi connectivity index (χ1n) is 8.85. The Kier molecular flexibility index (Phi) is 6.10. The summed E-state index contributed by atoms with van der Waals surface area (Å²) in [7, 11) is 0. The first kappa shape index (κ1) is 18.0. The number of anilines is 1. The molecule has 0 bridgehead atoms. The molecule has 0 radical (unpaired) electrons. The minimum absolute atomic E-state index is 0.0441. The van der Waals surface area contributed by atoms with Crippen LogP contribution in [-0.2, 0) is 11.2 Å². The molecule has 1 aromatic carbocycles. The first-order chi connectivity index (χ1) is 12.1. The molecular weight excluding hydrogens is 336 g/mol. The van der Waals surface area contributed by atoms with E-state index in [0.29, 0.717) is 17.4 Å². The van der Waals surface area contributed by atoms with Crippen molar-refractivity contribution in [2.45, 2.75) is 32.6 Å². The van der Waals surface area contributed by atoms with Gasteiger partial charge in [-0.05, 0) is 62.4 Å². The van der Waals surface area contributed by atoms with Crippen LogP contribution in [0, 0.1) is 12.8 Å². The average molecular weight is 361 g/mol. The maximum Gasteiger partial charge on any atom is 0.225 e. The normalized spacial score (nSPS) is 17.8. The molecule has 1 saturated heterocycles. The zero-order chi connectivity index (χ0) is 17.6. The van der Waals surface area contributed by atoms with Gasteiger partial charge >= 0.3 is 0 Å². The summed E-state index contributed by atoms with van der Waals surface area (Å²) in [4.78, 5) is 21.8. The van der Waals surface area contributed by atoms with Crippen molar-refractivity contribution in [3.63, 3.8) is 0 Å². The highest BCUT2D eigenvalue weighted by atomic mass is 35.5. The SMILES string of the molecule is Cc1cc(Cl)cc(NC(=O)CCN2CCC(CCc3cnc[nH]3)C2)c1. The summed E-state index contributed by atoms with van der Waals surface area (Å²) in [5.74, 6) is 0.754. The fourth-order valence-electron chi connectivity index (χ4n) is 3.42. The van der Waals surface area contributed by atoms with E-state index in [1.54, 1.807) is 12.4 Å². The molecule has 3 rings (SSSR count). The molecule has 1 unspecified atom stereocenters. The summed E-state index contributed by atoms with van der Waals surface area (Å²) in [6, 6.07) is 5.60. The lowest BCUT2D eigenvalue weighted by atomic mass is 10.0. The number of aromatic amines is 1. The van der Waals surface area contributed by atoms with E-state index in [9.17, 15) is 4.79 Å². The number of nitrogens with one attached hydrogen (secondary N) is 2. The van der Waals surface area contributed by atoms with E-state index >= 15 is 0 Å². The number of halogens is 1. The molecule has 5 nitrogen and oxygen atoms in total. The molecule has 0 aliphatic carbocycles. The summed E-state index contributed by atoms with van der Waals surface area (Å²) in [5.41, 5.74) is 3.02. The number of hydrogen-bond donors (Lipinski definition) is 2. The topological polar surface area (TPSA) is 61.0 Å². The number of H-pyrrole nitrogens is 1. The highest BCUT2D eigenvalue weighted by Crippen LogP contribution is 2.22. The van der Waals surface area contributed by atoms with Gasteiger partial charge in [0.25, 0.3) is 0 Å². The van der Waals surface area contributed by atoms with Gasteiger partial charge in [0.2, 0.25) is 5.91 Å². The zero-order valence-electron chi connectivity index (χ0n) is 14.6. The second-order valence-corrected chi connectivity index (χ2v) is 7.32. The van der Waals surface area contributed by atoms with Crippen LogP contribution in [0.25, 0.3) is 0 Å². The van der Waals surface area contributed by atoms with Crippen LogP contribution < -0.4 is 5.32 Å². The van der Waals surface area contributed by atoms with Crippen molar-refractivity contribution in [2.24, 2.45) is 5.92 Å². The van der Waals surface area contributed by atoms with Gasteiger partial charge in [0, 0.05) is 42.1 Å². The van der Waals surface area contributed by atoms with E-state index in [1.807, 2.05) is 25.3 Å². The van der Waals surface area contributed by atoms with E-state index in [0.717, 1.165) is 37.3 Å². The lowest BCUT2D eigenvalue weighted by Crippen LogP contribution is -2.26. The number of aryl methyl sites for hydroxylation is 2. The van der Waals surface area contributed by atoms with Crippen molar-refractivity contribution in [3.05, 3.63) is 47.0 Å². The van der Waals surface area contributed by atoms with Crippen molar-refractivity contribution >= 4 is 23.2 Å². The van der Waals surface area contributed by atoms with E-state index in [2.05, 4.69) is 20.2 Å². The van der Waals surface area contributed by atoms with E-state index < -0.39 is 0 Å². The van der Waals surface area contributed by atoms with E-state index in [-0.39, 0.29) is 5.91 Å². The molecule has 0 spiro atoms. The Labute approximate surface area is 153 Å². The number of nitrogens with zero attached hydrogens (tertiary/aromatic N) is 2. The van der Waals surface area contributed by atoms with Crippen LogP contribution in [0.3, 0.4) is 0 Å². The molecule has 2 N–H and O–H groups in total. The molecule has 2 aromatic rings. The third-order valence-electron chi connectivity index (χ3n) is 4.73. The average Bonchev–Trinajstić information content (AvgIpc) is 3.21. The third-order valence-corrected chi connectivity index (χ3v) is 4.95. The summed E-state index contributed by atoms with van der Waals surface area (Å²) in [5, 5.41) is 3.59. The van der Waals surface area contributed by atoms with Crippen molar-refractivity contribution in [3.8, 4) is 0 Å². The summed E-state index contributed by atoms with van der Waals surface area (Å²) >= 11 is 6.03. The Morgan fingerprint density at radius 1 is 1.44 bits per heavy atom. The number of likely N-dealkylation sites (tertiary alicyclic amines) is 1. The number of aromatic nitrogens is 2. The van der Waals surface area contributed by atoms with Crippen LogP contribution >= 0.6 is 11.6 Å². The second kappa shape index (κ2) is 8.50. The van der Waals surface area contributed by atoms with Gasteiger partial charge in [-0.15, -0.1) is 0 Å². The number of carbonyl (C=O) groups is 1. The number of imidazole rings is 1. The molecule has 1 atom stereocenters. The highest BCUT2D eigenvalue weighted by Gasteiger charge is 2.22. The Balaban J connectivity index is 1.37. The smallest absolute Gasteiger partial charge is 0.225 e. The van der Waals surface area contributed by atoms with Crippen LogP contribution in [-0.4, -0.2) is 40.4 Å². The van der Waals surface area contributed by atoms with Crippen LogP contribution in [0.1, 0.15) is 30.5 Å². The van der Waals surface area contributed by atoms with Crippen molar-refractivity contribution in [1.29, 1.82) is 0 Å². The van der Waals surface area contributed by atoms with Gasteiger partial charge in [-0.1, -0.05) is 11.6 Å². The molecular formula is C19H25ClN4O. The van der Waals surface area contributed by atoms with Gasteiger partial charge < -0.3 is 15.2 Å². The molecule has 1 aliphatic heterocycles. The summed E-state index contributed by atoms with van der Waals surface area (Å²) < 4.78 is 0. The lowest BCUT2D eigenvalue weighted by Gasteiger charge is -2.16. The van der Waals surface area contributed by atoms with Gasteiger partial charge in [-0.25, -0.2) is 4.98 Å². The third kappa shape index (κ3) is 5.58. The molecule has 0 saturated carbocycles. The van der Waals surface area contributed by atoms with Gasteiger partial charge in [0.1, 0.15) is 0 Å². The standard InChI is InChI=1S/C19H25ClN4O/c1-14-8-16(20)10-18(9-14)23-19(25)5-7-24-6-4-15(12-24)2-3-17-11-21-13-22-17/h8-11,13,15H,2-7,12H2,1H3,(H,21,22)(H,23,25). The number of benzene rings is 1. The largest absolute Gasteiger partial charge is 0.348 e. The summed E-state index contributed by atoms with van der Waals surface area (Å²) in [6.07, 6.45) is 7.58. The molecule has 25 heavy (non-hydrogen) atoms. The molecule has 134 valence electrons. The van der Waals surface area contributed by atoms with Gasteiger partial charge in [-0.3, -0.25) is 4.79 Å². The van der Waals surface area contributed by atoms with E-state index in [1.165, 1.54) is 18.5 Å². The minimum Gasteiger partial charge on any atom is -0.348 e. The molecule has 1 aliphatic rings. The number of rotatable bonds is 7. The van der Waals surface area contributed by atoms with Crippen LogP contribution in [0.2, 0.25) is 5.02 Å². The molecule has 1 fully saturated rings. The zero-order valence-corrected chi connectivity index (χ0v) is 15.4. The van der Waals surface area contributed by atoms with Crippen molar-refractivity contribution in [1.82, 2.24) is 14.9 Å². The van der Waals surface area contributed by atoms with Gasteiger partial charge in [0.15, 0.2) is 0 Å². The van der Waals surface area contributed by atoms with Gasteiger partial charge in [-0.2, -0.15) is 0 Å². The Morgan fingerprint density at radius 3 is 3.08 bits per heavy atom. The first-order valence-corrected chi connectivity index (χ1v) is 9.23. The molecule has 6 heteroatoms. The van der Waals surface area contributed by atoms with Crippen LogP contribution in [0.5, 0.6) is 0 Å².